The lowest BCUT2D eigenvalue weighted by Gasteiger charge is -2.43. The molecule has 2 heterocycles. The molecule has 0 saturated carbocycles. The van der Waals surface area contributed by atoms with Crippen molar-refractivity contribution in [2.75, 3.05) is 13.1 Å². The van der Waals surface area contributed by atoms with Gasteiger partial charge in [-0.1, -0.05) is 19.1 Å². The second-order valence-electron chi connectivity index (χ2n) is 7.22. The molecular weight excluding hydrogens is 306 g/mol. The van der Waals surface area contributed by atoms with E-state index in [1.807, 2.05) is 24.0 Å². The summed E-state index contributed by atoms with van der Waals surface area (Å²) in [5, 5.41) is 19.8. The molecule has 0 radical (unpaired) electrons. The van der Waals surface area contributed by atoms with E-state index in [1.165, 1.54) is 0 Å². The zero-order valence-electron chi connectivity index (χ0n) is 14.3. The molecule has 2 saturated heterocycles. The van der Waals surface area contributed by atoms with Crippen LogP contribution in [0.15, 0.2) is 24.3 Å². The van der Waals surface area contributed by atoms with E-state index in [2.05, 4.69) is 17.8 Å². The van der Waals surface area contributed by atoms with Gasteiger partial charge in [-0.2, -0.15) is 0 Å². The summed E-state index contributed by atoms with van der Waals surface area (Å²) in [5.41, 5.74) is 6.65. The number of aliphatic hydroxyl groups is 1. The van der Waals surface area contributed by atoms with Crippen molar-refractivity contribution in [1.82, 2.24) is 15.8 Å². The molecule has 0 aromatic heterocycles. The van der Waals surface area contributed by atoms with E-state index in [-0.39, 0.29) is 29.7 Å². The Morgan fingerprint density at radius 2 is 2.04 bits per heavy atom. The maximum Gasteiger partial charge on any atom is 0.241 e. The number of nitrogens with zero attached hydrogens (tertiary/aromatic N) is 1. The molecule has 2 fully saturated rings. The summed E-state index contributed by atoms with van der Waals surface area (Å²) < 4.78 is 0. The van der Waals surface area contributed by atoms with E-state index in [0.717, 1.165) is 12.0 Å². The van der Waals surface area contributed by atoms with E-state index in [9.17, 15) is 15.0 Å². The summed E-state index contributed by atoms with van der Waals surface area (Å²) in [7, 11) is 0. The Morgan fingerprint density at radius 1 is 1.33 bits per heavy atom. The molecule has 3 rings (SSSR count). The van der Waals surface area contributed by atoms with E-state index >= 15 is 0 Å². The number of carbonyl (C=O) groups is 1. The molecular formula is C18H27N3O3. The lowest BCUT2D eigenvalue weighted by molar-refractivity contribution is -0.140. The maximum atomic E-state index is 12.8. The zero-order valence-corrected chi connectivity index (χ0v) is 14.3. The molecule has 2 aliphatic rings. The molecule has 2 aliphatic heterocycles. The normalized spacial score (nSPS) is 33.6. The average Bonchev–Trinajstić information content (AvgIpc) is 3.04. The first kappa shape index (κ1) is 17.2. The SMILES string of the molecule is CC[C@@H]1CN(C(=O)C2CC(c3ccc(O)cc3)NN2)CC[C@]1(C)O. The number of hydrazine groups is 1. The second kappa shape index (κ2) is 6.70. The van der Waals surface area contributed by atoms with Crippen LogP contribution in [0.1, 0.15) is 44.7 Å². The van der Waals surface area contributed by atoms with Crippen molar-refractivity contribution in [2.45, 2.75) is 50.8 Å². The van der Waals surface area contributed by atoms with Crippen LogP contribution in [0.3, 0.4) is 0 Å². The second-order valence-corrected chi connectivity index (χ2v) is 7.22. The Bertz CT molecular complexity index is 588. The molecule has 6 heteroatoms. The molecule has 0 spiro atoms. The minimum Gasteiger partial charge on any atom is -0.508 e. The summed E-state index contributed by atoms with van der Waals surface area (Å²) in [6.45, 7) is 5.15. The van der Waals surface area contributed by atoms with Crippen LogP contribution < -0.4 is 10.9 Å². The Hall–Kier alpha value is -1.63. The number of likely N-dealkylation sites (tertiary alicyclic amines) is 1. The van der Waals surface area contributed by atoms with Crippen LogP contribution in [0.4, 0.5) is 0 Å². The number of piperidine rings is 1. The third kappa shape index (κ3) is 3.41. The third-order valence-corrected chi connectivity index (χ3v) is 5.51. The van der Waals surface area contributed by atoms with Crippen LogP contribution in [-0.4, -0.2) is 45.8 Å². The van der Waals surface area contributed by atoms with Gasteiger partial charge in [0.05, 0.1) is 5.60 Å². The maximum absolute atomic E-state index is 12.8. The molecule has 0 bridgehead atoms. The minimum atomic E-state index is -0.679. The van der Waals surface area contributed by atoms with Gasteiger partial charge in [0.2, 0.25) is 5.91 Å². The lowest BCUT2D eigenvalue weighted by atomic mass is 9.80. The van der Waals surface area contributed by atoms with Gasteiger partial charge in [0.15, 0.2) is 0 Å². The van der Waals surface area contributed by atoms with Crippen molar-refractivity contribution in [3.8, 4) is 5.75 Å². The van der Waals surface area contributed by atoms with Gasteiger partial charge in [0.1, 0.15) is 11.8 Å². The van der Waals surface area contributed by atoms with Crippen molar-refractivity contribution >= 4 is 5.91 Å². The van der Waals surface area contributed by atoms with Gasteiger partial charge >= 0.3 is 0 Å². The molecule has 0 aliphatic carbocycles. The van der Waals surface area contributed by atoms with Crippen LogP contribution in [0.5, 0.6) is 5.75 Å². The first-order valence-corrected chi connectivity index (χ1v) is 8.72. The largest absolute Gasteiger partial charge is 0.508 e. The molecule has 1 aromatic rings. The topological polar surface area (TPSA) is 84.8 Å². The highest BCUT2D eigenvalue weighted by Gasteiger charge is 2.40. The van der Waals surface area contributed by atoms with E-state index in [0.29, 0.717) is 25.9 Å². The fraction of sp³-hybridized carbons (Fsp3) is 0.611. The van der Waals surface area contributed by atoms with Gasteiger partial charge in [0.25, 0.3) is 0 Å². The number of hydrogen-bond donors (Lipinski definition) is 4. The summed E-state index contributed by atoms with van der Waals surface area (Å²) >= 11 is 0. The Balaban J connectivity index is 1.61. The third-order valence-electron chi connectivity index (χ3n) is 5.51. The molecule has 132 valence electrons. The Morgan fingerprint density at radius 3 is 2.71 bits per heavy atom. The van der Waals surface area contributed by atoms with Crippen molar-refractivity contribution in [3.63, 3.8) is 0 Å². The first-order chi connectivity index (χ1) is 11.4. The van der Waals surface area contributed by atoms with Crippen LogP contribution in [0.25, 0.3) is 0 Å². The van der Waals surface area contributed by atoms with E-state index < -0.39 is 5.60 Å². The number of phenolic OH excluding ortho intramolecular Hbond substituents is 1. The van der Waals surface area contributed by atoms with Gasteiger partial charge < -0.3 is 15.1 Å². The lowest BCUT2D eigenvalue weighted by Crippen LogP contribution is -2.55. The van der Waals surface area contributed by atoms with Crippen LogP contribution in [0.2, 0.25) is 0 Å². The number of carbonyl (C=O) groups excluding carboxylic acids is 1. The Kier molecular flexibility index (Phi) is 4.80. The molecule has 24 heavy (non-hydrogen) atoms. The van der Waals surface area contributed by atoms with Gasteiger partial charge in [-0.25, -0.2) is 10.9 Å². The van der Waals surface area contributed by atoms with Crippen molar-refractivity contribution < 1.29 is 15.0 Å². The summed E-state index contributed by atoms with van der Waals surface area (Å²) in [6.07, 6.45) is 2.16. The van der Waals surface area contributed by atoms with Gasteiger partial charge in [-0.3, -0.25) is 4.79 Å². The number of phenols is 1. The summed E-state index contributed by atoms with van der Waals surface area (Å²) in [4.78, 5) is 14.7. The van der Waals surface area contributed by atoms with Crippen molar-refractivity contribution in [1.29, 1.82) is 0 Å². The number of rotatable bonds is 3. The fourth-order valence-corrected chi connectivity index (χ4v) is 3.75. The fourth-order valence-electron chi connectivity index (χ4n) is 3.75. The number of nitrogens with one attached hydrogen (secondary N) is 2. The monoisotopic (exact) mass is 333 g/mol. The van der Waals surface area contributed by atoms with E-state index in [4.69, 9.17) is 0 Å². The van der Waals surface area contributed by atoms with Crippen LogP contribution in [0, 0.1) is 5.92 Å². The number of amides is 1. The Labute approximate surface area is 142 Å². The van der Waals surface area contributed by atoms with E-state index in [1.54, 1.807) is 12.1 Å². The predicted molar refractivity (Wildman–Crippen MR) is 91.1 cm³/mol. The molecule has 4 atom stereocenters. The van der Waals surface area contributed by atoms with Gasteiger partial charge in [-0.05, 0) is 43.9 Å². The highest BCUT2D eigenvalue weighted by Crippen LogP contribution is 2.31. The standard InChI is InChI=1S/C18H27N3O3/c1-3-13-11-21(9-8-18(13,2)24)17(23)16-10-15(19-20-16)12-4-6-14(22)7-5-12/h4-7,13,15-16,19-20,22,24H,3,8-11H2,1-2H3/t13-,15?,16?,18+/m1/s1. The van der Waals surface area contributed by atoms with Crippen molar-refractivity contribution in [2.24, 2.45) is 5.92 Å². The highest BCUT2D eigenvalue weighted by molar-refractivity contribution is 5.82. The van der Waals surface area contributed by atoms with Gasteiger partial charge in [-0.15, -0.1) is 0 Å². The van der Waals surface area contributed by atoms with Crippen molar-refractivity contribution in [3.05, 3.63) is 29.8 Å². The number of aromatic hydroxyl groups is 1. The first-order valence-electron chi connectivity index (χ1n) is 8.72. The average molecular weight is 333 g/mol. The number of hydrogen-bond acceptors (Lipinski definition) is 5. The molecule has 4 N–H and O–H groups in total. The molecule has 6 nitrogen and oxygen atoms in total. The molecule has 2 unspecified atom stereocenters. The minimum absolute atomic E-state index is 0.0504. The smallest absolute Gasteiger partial charge is 0.241 e. The van der Waals surface area contributed by atoms with Crippen LogP contribution >= 0.6 is 0 Å². The predicted octanol–water partition coefficient (Wildman–Crippen LogP) is 1.31. The summed E-state index contributed by atoms with van der Waals surface area (Å²) in [5.74, 6) is 0.457. The zero-order chi connectivity index (χ0) is 17.3. The van der Waals surface area contributed by atoms with Crippen LogP contribution in [-0.2, 0) is 4.79 Å². The number of benzene rings is 1. The molecule has 1 aromatic carbocycles. The summed E-state index contributed by atoms with van der Waals surface area (Å²) in [6, 6.07) is 6.84. The van der Waals surface area contributed by atoms with Gasteiger partial charge in [0, 0.05) is 25.0 Å². The quantitative estimate of drug-likeness (QED) is 0.670. The highest BCUT2D eigenvalue weighted by atomic mass is 16.3. The molecule has 1 amide bonds.